The molecule has 2 bridgehead atoms. The first kappa shape index (κ1) is 19.2. The first-order chi connectivity index (χ1) is 13.5. The summed E-state index contributed by atoms with van der Waals surface area (Å²) in [5.74, 6) is 2.10. The summed E-state index contributed by atoms with van der Waals surface area (Å²) in [4.78, 5) is 29.0. The molecular weight excluding hydrogens is 354 g/mol. The Morgan fingerprint density at radius 2 is 1.96 bits per heavy atom. The standard InChI is InChI=1S/C22H31N3O3/c1-15(26)23-11-21-18-10-17(20-4-3-5-22(27)25(20)21)13-24(14-18)12-16-6-8-19(28-2)9-7-16/h6-9,17-18,20-21H,3-5,10-14H2,1-2H3,(H,23,26)/t17-,18+,20+,21+/m1/s1. The molecule has 3 heterocycles. The maximum absolute atomic E-state index is 12.7. The third-order valence-electron chi connectivity index (χ3n) is 6.70. The van der Waals surface area contributed by atoms with Gasteiger partial charge in [-0.15, -0.1) is 0 Å². The summed E-state index contributed by atoms with van der Waals surface area (Å²) < 4.78 is 5.26. The van der Waals surface area contributed by atoms with Gasteiger partial charge in [0, 0.05) is 45.6 Å². The predicted molar refractivity (Wildman–Crippen MR) is 107 cm³/mol. The SMILES string of the molecule is COc1ccc(CN2C[C@H]3C[C@@H](C2)[C@H](CNC(C)=O)N2C(=O)CCC[C@@H]32)cc1. The van der Waals surface area contributed by atoms with Crippen LogP contribution in [0.15, 0.2) is 24.3 Å². The van der Waals surface area contributed by atoms with Gasteiger partial charge in [0.1, 0.15) is 5.75 Å². The zero-order chi connectivity index (χ0) is 19.7. The lowest BCUT2D eigenvalue weighted by Gasteiger charge is -2.56. The lowest BCUT2D eigenvalue weighted by molar-refractivity contribution is -0.153. The Kier molecular flexibility index (Phi) is 5.58. The fourth-order valence-electron chi connectivity index (χ4n) is 5.50. The fraction of sp³-hybridized carbons (Fsp3) is 0.636. The van der Waals surface area contributed by atoms with E-state index in [1.54, 1.807) is 14.0 Å². The summed E-state index contributed by atoms with van der Waals surface area (Å²) in [6, 6.07) is 8.75. The van der Waals surface area contributed by atoms with Gasteiger partial charge in [0.2, 0.25) is 11.8 Å². The number of amides is 2. The smallest absolute Gasteiger partial charge is 0.223 e. The molecule has 1 N–H and O–H groups in total. The highest BCUT2D eigenvalue weighted by atomic mass is 16.5. The van der Waals surface area contributed by atoms with Crippen LogP contribution < -0.4 is 10.1 Å². The Morgan fingerprint density at radius 3 is 2.68 bits per heavy atom. The number of rotatable bonds is 5. The Labute approximate surface area is 167 Å². The van der Waals surface area contributed by atoms with Gasteiger partial charge in [-0.05, 0) is 48.8 Å². The quantitative estimate of drug-likeness (QED) is 0.843. The second-order valence-electron chi connectivity index (χ2n) is 8.56. The number of likely N-dealkylation sites (tertiary alicyclic amines) is 1. The highest BCUT2D eigenvalue weighted by Crippen LogP contribution is 2.41. The van der Waals surface area contributed by atoms with Crippen LogP contribution in [0, 0.1) is 11.8 Å². The second-order valence-corrected chi connectivity index (χ2v) is 8.56. The van der Waals surface area contributed by atoms with Gasteiger partial charge in [0.25, 0.3) is 0 Å². The number of hydrogen-bond donors (Lipinski definition) is 1. The summed E-state index contributed by atoms with van der Waals surface area (Å²) in [5.41, 5.74) is 1.29. The van der Waals surface area contributed by atoms with E-state index in [2.05, 4.69) is 27.2 Å². The van der Waals surface area contributed by atoms with Crippen molar-refractivity contribution in [2.45, 2.75) is 51.2 Å². The van der Waals surface area contributed by atoms with E-state index in [4.69, 9.17) is 4.74 Å². The van der Waals surface area contributed by atoms with Crippen LogP contribution in [-0.2, 0) is 16.1 Å². The van der Waals surface area contributed by atoms with Crippen molar-refractivity contribution in [2.24, 2.45) is 11.8 Å². The molecule has 0 unspecified atom stereocenters. The minimum absolute atomic E-state index is 0.0194. The van der Waals surface area contributed by atoms with Crippen LogP contribution in [0.2, 0.25) is 0 Å². The molecule has 0 aliphatic carbocycles. The number of carbonyl (C=O) groups excluding carboxylic acids is 2. The van der Waals surface area contributed by atoms with E-state index in [0.29, 0.717) is 30.8 Å². The average Bonchev–Trinajstić information content (AvgIpc) is 2.69. The van der Waals surface area contributed by atoms with Crippen LogP contribution in [0.25, 0.3) is 0 Å². The fourth-order valence-corrected chi connectivity index (χ4v) is 5.50. The lowest BCUT2D eigenvalue weighted by atomic mass is 9.72. The highest BCUT2D eigenvalue weighted by Gasteiger charge is 2.49. The molecule has 4 atom stereocenters. The normalized spacial score (nSPS) is 29.9. The van der Waals surface area contributed by atoms with Crippen LogP contribution >= 0.6 is 0 Å². The summed E-state index contributed by atoms with van der Waals surface area (Å²) in [7, 11) is 1.69. The molecule has 0 spiro atoms. The minimum Gasteiger partial charge on any atom is -0.497 e. The molecule has 0 saturated carbocycles. The molecule has 3 aliphatic rings. The van der Waals surface area contributed by atoms with E-state index in [-0.39, 0.29) is 17.9 Å². The molecule has 0 radical (unpaired) electrons. The van der Waals surface area contributed by atoms with Crippen molar-refractivity contribution in [2.75, 3.05) is 26.7 Å². The number of nitrogens with one attached hydrogen (secondary N) is 1. The van der Waals surface area contributed by atoms with Gasteiger partial charge in [-0.25, -0.2) is 0 Å². The van der Waals surface area contributed by atoms with Crippen molar-refractivity contribution in [3.05, 3.63) is 29.8 Å². The monoisotopic (exact) mass is 385 g/mol. The van der Waals surface area contributed by atoms with Crippen molar-refractivity contribution in [3.8, 4) is 5.75 Å². The summed E-state index contributed by atoms with van der Waals surface area (Å²) in [6.45, 7) is 5.07. The van der Waals surface area contributed by atoms with Crippen molar-refractivity contribution in [1.82, 2.24) is 15.1 Å². The van der Waals surface area contributed by atoms with Gasteiger partial charge < -0.3 is 15.0 Å². The van der Waals surface area contributed by atoms with Crippen molar-refractivity contribution < 1.29 is 14.3 Å². The van der Waals surface area contributed by atoms with Gasteiger partial charge in [-0.2, -0.15) is 0 Å². The zero-order valence-electron chi connectivity index (χ0n) is 16.9. The number of methoxy groups -OCH3 is 1. The van der Waals surface area contributed by atoms with E-state index >= 15 is 0 Å². The van der Waals surface area contributed by atoms with Crippen LogP contribution in [0.1, 0.15) is 38.2 Å². The molecule has 28 heavy (non-hydrogen) atoms. The first-order valence-corrected chi connectivity index (χ1v) is 10.5. The van der Waals surface area contributed by atoms with E-state index in [1.807, 2.05) is 12.1 Å². The van der Waals surface area contributed by atoms with Crippen LogP contribution in [0.3, 0.4) is 0 Å². The molecule has 2 amide bonds. The topological polar surface area (TPSA) is 61.9 Å². The van der Waals surface area contributed by atoms with Gasteiger partial charge in [-0.3, -0.25) is 14.5 Å². The molecule has 3 fully saturated rings. The molecule has 0 aromatic heterocycles. The minimum atomic E-state index is -0.0194. The second kappa shape index (κ2) is 8.11. The Morgan fingerprint density at radius 1 is 1.21 bits per heavy atom. The van der Waals surface area contributed by atoms with E-state index in [0.717, 1.165) is 44.6 Å². The number of piperidine rings is 3. The summed E-state index contributed by atoms with van der Waals surface area (Å²) in [5, 5.41) is 2.98. The third kappa shape index (κ3) is 3.88. The molecule has 4 rings (SSSR count). The van der Waals surface area contributed by atoms with E-state index in [9.17, 15) is 9.59 Å². The number of nitrogens with zero attached hydrogens (tertiary/aromatic N) is 2. The maximum Gasteiger partial charge on any atom is 0.223 e. The summed E-state index contributed by atoms with van der Waals surface area (Å²) in [6.07, 6.45) is 3.91. The molecule has 1 aromatic rings. The molecule has 3 aliphatic heterocycles. The maximum atomic E-state index is 12.7. The summed E-state index contributed by atoms with van der Waals surface area (Å²) >= 11 is 0. The number of carbonyl (C=O) groups is 2. The van der Waals surface area contributed by atoms with Crippen LogP contribution in [-0.4, -0.2) is 60.4 Å². The predicted octanol–water partition coefficient (Wildman–Crippen LogP) is 2.03. The zero-order valence-corrected chi connectivity index (χ0v) is 16.9. The molecule has 6 nitrogen and oxygen atoms in total. The van der Waals surface area contributed by atoms with Gasteiger partial charge >= 0.3 is 0 Å². The Bertz CT molecular complexity index is 720. The molecule has 1 aromatic carbocycles. The number of benzene rings is 1. The van der Waals surface area contributed by atoms with E-state index in [1.165, 1.54) is 5.56 Å². The molecular formula is C22H31N3O3. The highest BCUT2D eigenvalue weighted by molar-refractivity contribution is 5.78. The molecule has 6 heteroatoms. The Balaban J connectivity index is 1.51. The van der Waals surface area contributed by atoms with Crippen molar-refractivity contribution in [1.29, 1.82) is 0 Å². The largest absolute Gasteiger partial charge is 0.497 e. The van der Waals surface area contributed by atoms with Crippen LogP contribution in [0.5, 0.6) is 5.75 Å². The van der Waals surface area contributed by atoms with Crippen molar-refractivity contribution >= 4 is 11.8 Å². The average molecular weight is 386 g/mol. The molecule has 3 saturated heterocycles. The third-order valence-corrected chi connectivity index (χ3v) is 6.70. The van der Waals surface area contributed by atoms with Crippen molar-refractivity contribution in [3.63, 3.8) is 0 Å². The van der Waals surface area contributed by atoms with Gasteiger partial charge in [-0.1, -0.05) is 12.1 Å². The van der Waals surface area contributed by atoms with Crippen LogP contribution in [0.4, 0.5) is 0 Å². The lowest BCUT2D eigenvalue weighted by Crippen LogP contribution is -2.66. The first-order valence-electron chi connectivity index (χ1n) is 10.5. The number of fused-ring (bicyclic) bond motifs is 4. The number of ether oxygens (including phenoxy) is 1. The van der Waals surface area contributed by atoms with Gasteiger partial charge in [0.05, 0.1) is 13.2 Å². The number of hydrogen-bond acceptors (Lipinski definition) is 4. The van der Waals surface area contributed by atoms with Gasteiger partial charge in [0.15, 0.2) is 0 Å². The van der Waals surface area contributed by atoms with E-state index < -0.39 is 0 Å². The Hall–Kier alpha value is -2.08. The molecule has 152 valence electrons.